The monoisotopic (exact) mass is 222 g/mol. The summed E-state index contributed by atoms with van der Waals surface area (Å²) in [5.41, 5.74) is 0.924. The van der Waals surface area contributed by atoms with Crippen LogP contribution >= 0.6 is 0 Å². The number of aromatic hydroxyl groups is 1. The summed E-state index contributed by atoms with van der Waals surface area (Å²) in [7, 11) is 0. The number of aryl methyl sites for hydroxylation is 1. The summed E-state index contributed by atoms with van der Waals surface area (Å²) in [6.07, 6.45) is 8.49. The smallest absolute Gasteiger partial charge is 0.118 e. The largest absolute Gasteiger partial charge is 0.508 e. The van der Waals surface area contributed by atoms with E-state index in [1.807, 2.05) is 25.1 Å². The summed E-state index contributed by atoms with van der Waals surface area (Å²) in [4.78, 5) is 0. The molecule has 1 aromatic rings. The summed E-state index contributed by atoms with van der Waals surface area (Å²) in [6, 6.07) is 7.25. The van der Waals surface area contributed by atoms with E-state index < -0.39 is 0 Å². The molecule has 0 atom stereocenters. The fourth-order valence-electron chi connectivity index (χ4n) is 1.42. The third-order valence-electron chi connectivity index (χ3n) is 2.57. The van der Waals surface area contributed by atoms with Crippen LogP contribution < -0.4 is 0 Å². The average Bonchev–Trinajstić information content (AvgIpc) is 2.30. The Morgan fingerprint density at radius 1 is 0.875 bits per heavy atom. The van der Waals surface area contributed by atoms with Crippen molar-refractivity contribution in [2.45, 2.75) is 59.3 Å². The highest BCUT2D eigenvalue weighted by atomic mass is 16.3. The fraction of sp³-hybridized carbons (Fsp3) is 0.600. The Balaban J connectivity index is 0.000000281. The van der Waals surface area contributed by atoms with Crippen LogP contribution in [0, 0.1) is 6.92 Å². The molecular formula is C15H26O. The van der Waals surface area contributed by atoms with Crippen LogP contribution in [0.25, 0.3) is 0 Å². The highest BCUT2D eigenvalue weighted by Crippen LogP contribution is 2.12. The minimum absolute atomic E-state index is 0.368. The lowest BCUT2D eigenvalue weighted by atomic mass is 10.1. The zero-order chi connectivity index (χ0) is 12.2. The topological polar surface area (TPSA) is 20.2 Å². The molecule has 0 aliphatic heterocycles. The van der Waals surface area contributed by atoms with Crippen molar-refractivity contribution in [2.75, 3.05) is 0 Å². The molecule has 0 heterocycles. The highest BCUT2D eigenvalue weighted by Gasteiger charge is 1.87. The zero-order valence-electron chi connectivity index (χ0n) is 11.0. The maximum atomic E-state index is 8.92. The lowest BCUT2D eigenvalue weighted by Gasteiger charge is -1.93. The summed E-state index contributed by atoms with van der Waals surface area (Å²) < 4.78 is 0. The number of hydrogen-bond donors (Lipinski definition) is 1. The molecule has 1 aromatic carbocycles. The average molecular weight is 222 g/mol. The number of unbranched alkanes of at least 4 members (excludes halogenated alkanes) is 5. The van der Waals surface area contributed by atoms with E-state index in [4.69, 9.17) is 5.11 Å². The summed E-state index contributed by atoms with van der Waals surface area (Å²) in [5, 5.41) is 8.92. The quantitative estimate of drug-likeness (QED) is 0.690. The molecule has 0 aliphatic rings. The van der Waals surface area contributed by atoms with E-state index in [0.717, 1.165) is 5.56 Å². The third-order valence-corrected chi connectivity index (χ3v) is 2.57. The van der Waals surface area contributed by atoms with E-state index in [9.17, 15) is 0 Å². The number of phenols is 1. The second-order valence-corrected chi connectivity index (χ2v) is 4.20. The van der Waals surface area contributed by atoms with E-state index in [1.54, 1.807) is 6.07 Å². The second-order valence-electron chi connectivity index (χ2n) is 4.20. The van der Waals surface area contributed by atoms with Crippen LogP contribution in [-0.4, -0.2) is 5.11 Å². The zero-order valence-corrected chi connectivity index (χ0v) is 11.0. The van der Waals surface area contributed by atoms with Gasteiger partial charge in [0.15, 0.2) is 0 Å². The van der Waals surface area contributed by atoms with Crippen molar-refractivity contribution in [3.8, 4) is 5.75 Å². The van der Waals surface area contributed by atoms with Gasteiger partial charge in [-0.15, -0.1) is 0 Å². The molecule has 92 valence electrons. The number of rotatable bonds is 5. The molecule has 0 saturated heterocycles. The SMILES string of the molecule is CCCCCCCC.Cc1ccccc1O. The third kappa shape index (κ3) is 8.34. The first-order valence-electron chi connectivity index (χ1n) is 6.47. The van der Waals surface area contributed by atoms with Gasteiger partial charge >= 0.3 is 0 Å². The van der Waals surface area contributed by atoms with Crippen molar-refractivity contribution in [2.24, 2.45) is 0 Å². The van der Waals surface area contributed by atoms with E-state index in [2.05, 4.69) is 13.8 Å². The van der Waals surface area contributed by atoms with Gasteiger partial charge in [-0.25, -0.2) is 0 Å². The van der Waals surface area contributed by atoms with Crippen LogP contribution in [-0.2, 0) is 0 Å². The Morgan fingerprint density at radius 2 is 1.38 bits per heavy atom. The Bertz CT molecular complexity index is 228. The van der Waals surface area contributed by atoms with Gasteiger partial charge in [0.2, 0.25) is 0 Å². The minimum Gasteiger partial charge on any atom is -0.508 e. The Morgan fingerprint density at radius 3 is 1.69 bits per heavy atom. The Hall–Kier alpha value is -0.980. The van der Waals surface area contributed by atoms with Crippen LogP contribution in [0.4, 0.5) is 0 Å². The second kappa shape index (κ2) is 10.5. The van der Waals surface area contributed by atoms with E-state index >= 15 is 0 Å². The van der Waals surface area contributed by atoms with E-state index in [0.29, 0.717) is 5.75 Å². The van der Waals surface area contributed by atoms with Gasteiger partial charge in [0.25, 0.3) is 0 Å². The van der Waals surface area contributed by atoms with Crippen molar-refractivity contribution in [1.29, 1.82) is 0 Å². The van der Waals surface area contributed by atoms with Gasteiger partial charge in [-0.3, -0.25) is 0 Å². The molecule has 16 heavy (non-hydrogen) atoms. The maximum absolute atomic E-state index is 8.92. The molecule has 0 aromatic heterocycles. The van der Waals surface area contributed by atoms with Gasteiger partial charge in [-0.05, 0) is 18.6 Å². The molecule has 1 N–H and O–H groups in total. The minimum atomic E-state index is 0.368. The first-order valence-corrected chi connectivity index (χ1v) is 6.47. The van der Waals surface area contributed by atoms with Crippen molar-refractivity contribution in [3.63, 3.8) is 0 Å². The van der Waals surface area contributed by atoms with Crippen LogP contribution in [0.5, 0.6) is 5.75 Å². The van der Waals surface area contributed by atoms with Gasteiger partial charge in [-0.1, -0.05) is 70.6 Å². The highest BCUT2D eigenvalue weighted by molar-refractivity contribution is 5.29. The molecule has 0 amide bonds. The van der Waals surface area contributed by atoms with E-state index in [-0.39, 0.29) is 0 Å². The number of hydrogen-bond acceptors (Lipinski definition) is 1. The van der Waals surface area contributed by atoms with Gasteiger partial charge in [0.1, 0.15) is 5.75 Å². The molecule has 0 aliphatic carbocycles. The molecule has 0 radical (unpaired) electrons. The fourth-order valence-corrected chi connectivity index (χ4v) is 1.42. The molecule has 1 nitrogen and oxygen atoms in total. The normalized spacial score (nSPS) is 9.44. The number of para-hydroxylation sites is 1. The predicted octanol–water partition coefficient (Wildman–Crippen LogP) is 5.07. The number of benzene rings is 1. The molecule has 0 bridgehead atoms. The molecular weight excluding hydrogens is 196 g/mol. The summed E-state index contributed by atoms with van der Waals surface area (Å²) in [5.74, 6) is 0.368. The summed E-state index contributed by atoms with van der Waals surface area (Å²) in [6.45, 7) is 6.38. The van der Waals surface area contributed by atoms with E-state index in [1.165, 1.54) is 38.5 Å². The first kappa shape index (κ1) is 15.0. The number of phenolic OH excluding ortho intramolecular Hbond substituents is 1. The van der Waals surface area contributed by atoms with Crippen molar-refractivity contribution >= 4 is 0 Å². The molecule has 1 heteroatoms. The van der Waals surface area contributed by atoms with Crippen LogP contribution in [0.2, 0.25) is 0 Å². The first-order chi connectivity index (χ1) is 7.72. The van der Waals surface area contributed by atoms with Crippen LogP contribution in [0.3, 0.4) is 0 Å². The molecule has 0 saturated carbocycles. The molecule has 0 fully saturated rings. The Labute approximate surface area is 101 Å². The summed E-state index contributed by atoms with van der Waals surface area (Å²) >= 11 is 0. The van der Waals surface area contributed by atoms with Gasteiger partial charge < -0.3 is 5.11 Å². The van der Waals surface area contributed by atoms with Crippen LogP contribution in [0.1, 0.15) is 57.9 Å². The Kier molecular flexibility index (Phi) is 9.89. The van der Waals surface area contributed by atoms with Crippen molar-refractivity contribution < 1.29 is 5.11 Å². The molecule has 1 rings (SSSR count). The lowest BCUT2D eigenvalue weighted by molar-refractivity contribution is 0.471. The predicted molar refractivity (Wildman–Crippen MR) is 71.9 cm³/mol. The van der Waals surface area contributed by atoms with Crippen LogP contribution in [0.15, 0.2) is 24.3 Å². The van der Waals surface area contributed by atoms with Gasteiger partial charge in [0, 0.05) is 0 Å². The molecule has 0 spiro atoms. The lowest BCUT2D eigenvalue weighted by Crippen LogP contribution is -1.73. The van der Waals surface area contributed by atoms with Crippen molar-refractivity contribution in [3.05, 3.63) is 29.8 Å². The standard InChI is InChI=1S/C8H18.C7H8O/c1-3-5-7-8-6-4-2;1-6-4-2-3-5-7(6)8/h3-8H2,1-2H3;2-5,8H,1H3. The van der Waals surface area contributed by atoms with Gasteiger partial charge in [-0.2, -0.15) is 0 Å². The van der Waals surface area contributed by atoms with Crippen molar-refractivity contribution in [1.82, 2.24) is 0 Å². The molecule has 0 unspecified atom stereocenters. The maximum Gasteiger partial charge on any atom is 0.118 e. The van der Waals surface area contributed by atoms with Gasteiger partial charge in [0.05, 0.1) is 0 Å².